The van der Waals surface area contributed by atoms with Crippen molar-refractivity contribution >= 4 is 34.5 Å². The fourth-order valence-corrected chi connectivity index (χ4v) is 2.87. The molecule has 0 aromatic heterocycles. The van der Waals surface area contributed by atoms with Gasteiger partial charge in [0.25, 0.3) is 5.91 Å². The third-order valence-corrected chi connectivity index (χ3v) is 4.65. The van der Waals surface area contributed by atoms with Gasteiger partial charge in [0, 0.05) is 9.13 Å². The number of hydrogen-bond acceptors (Lipinski definition) is 4. The van der Waals surface area contributed by atoms with Crippen LogP contribution in [0.15, 0.2) is 24.3 Å². The van der Waals surface area contributed by atoms with Crippen LogP contribution in [-0.4, -0.2) is 24.0 Å². The lowest BCUT2D eigenvalue weighted by Gasteiger charge is -2.23. The van der Waals surface area contributed by atoms with Crippen molar-refractivity contribution in [3.63, 3.8) is 0 Å². The lowest BCUT2D eigenvalue weighted by atomic mass is 10.0. The van der Waals surface area contributed by atoms with Crippen LogP contribution in [-0.2, 0) is 9.53 Å². The first kappa shape index (κ1) is 17.7. The third-order valence-electron chi connectivity index (χ3n) is 3.93. The van der Waals surface area contributed by atoms with E-state index in [0.29, 0.717) is 5.56 Å². The lowest BCUT2D eigenvalue weighted by Crippen LogP contribution is -2.49. The van der Waals surface area contributed by atoms with E-state index in [2.05, 4.69) is 27.9 Å². The molecule has 1 aliphatic rings. The largest absolute Gasteiger partial charge is 0.462 e. The predicted molar refractivity (Wildman–Crippen MR) is 93.6 cm³/mol. The molecule has 1 aromatic carbocycles. The summed E-state index contributed by atoms with van der Waals surface area (Å²) >= 11 is 2.15. The molecule has 0 spiro atoms. The first-order chi connectivity index (χ1) is 10.9. The van der Waals surface area contributed by atoms with Crippen LogP contribution in [0, 0.1) is 20.8 Å². The Bertz CT molecular complexity index is 618. The van der Waals surface area contributed by atoms with E-state index < -0.39 is 5.54 Å². The summed E-state index contributed by atoms with van der Waals surface area (Å²) in [4.78, 5) is 24.2. The number of nitrogens with zero attached hydrogens (tertiary/aromatic N) is 1. The molecule has 1 unspecified atom stereocenters. The Balaban J connectivity index is 1.94. The highest BCUT2D eigenvalue weighted by atomic mass is 127. The van der Waals surface area contributed by atoms with Gasteiger partial charge in [-0.05, 0) is 66.6 Å². The Morgan fingerprint density at radius 1 is 1.35 bits per heavy atom. The number of esters is 1. The normalized spacial score (nSPS) is 17.1. The van der Waals surface area contributed by atoms with E-state index in [0.717, 1.165) is 29.3 Å². The van der Waals surface area contributed by atoms with Crippen LogP contribution in [0.5, 0.6) is 0 Å². The minimum Gasteiger partial charge on any atom is -0.462 e. The number of carbonyl (C=O) groups excluding carboxylic acids is 2. The zero-order chi connectivity index (χ0) is 16.9. The molecule has 122 valence electrons. The van der Waals surface area contributed by atoms with Gasteiger partial charge in [-0.25, -0.2) is 0 Å². The van der Waals surface area contributed by atoms with Crippen LogP contribution < -0.4 is 5.32 Å². The second kappa shape index (κ2) is 7.77. The van der Waals surface area contributed by atoms with E-state index in [1.165, 1.54) is 0 Å². The maximum Gasteiger partial charge on any atom is 0.309 e. The van der Waals surface area contributed by atoms with Crippen LogP contribution in [0.4, 0.5) is 0 Å². The number of amides is 1. The van der Waals surface area contributed by atoms with Crippen molar-refractivity contribution < 1.29 is 14.3 Å². The maximum absolute atomic E-state index is 12.2. The molecule has 1 aliphatic carbocycles. The molecule has 0 radical (unpaired) electrons. The van der Waals surface area contributed by atoms with E-state index in [1.54, 1.807) is 19.1 Å². The molecule has 1 fully saturated rings. The fraction of sp³-hybridized carbons (Fsp3) is 0.471. The van der Waals surface area contributed by atoms with Gasteiger partial charge in [0.1, 0.15) is 6.61 Å². The molecule has 1 atom stereocenters. The summed E-state index contributed by atoms with van der Waals surface area (Å²) in [6.07, 6.45) is 3.77. The molecule has 23 heavy (non-hydrogen) atoms. The van der Waals surface area contributed by atoms with Crippen molar-refractivity contribution in [3.8, 4) is 6.07 Å². The van der Waals surface area contributed by atoms with Gasteiger partial charge >= 0.3 is 5.97 Å². The zero-order valence-corrected chi connectivity index (χ0v) is 15.1. The summed E-state index contributed by atoms with van der Waals surface area (Å²) in [5.41, 5.74) is -0.775. The number of hydrogen-bond donors (Lipinski definition) is 1. The lowest BCUT2D eigenvalue weighted by molar-refractivity contribution is -0.149. The number of carbonyl (C=O) groups is 2. The average Bonchev–Trinajstić information content (AvgIpc) is 3.08. The predicted octanol–water partition coefficient (Wildman–Crippen LogP) is 3.04. The number of rotatable bonds is 5. The molecule has 1 aromatic rings. The number of nitrogens with one attached hydrogen (secondary N) is 1. The molecule has 1 N–H and O–H groups in total. The van der Waals surface area contributed by atoms with Crippen molar-refractivity contribution in [2.24, 2.45) is 5.92 Å². The summed E-state index contributed by atoms with van der Waals surface area (Å²) in [6.45, 7) is 1.41. The van der Waals surface area contributed by atoms with Crippen molar-refractivity contribution in [1.82, 2.24) is 5.32 Å². The number of nitriles is 1. The molecule has 1 saturated carbocycles. The minimum atomic E-state index is -1.24. The molecule has 2 rings (SSSR count). The molecule has 1 amide bonds. The molecule has 0 heterocycles. The standard InChI is InChI=1S/C17H19IN2O3/c1-17(10-19,11-23-16(22)13-4-2-3-5-13)20-15(21)12-6-8-14(18)9-7-12/h6-9,13H,2-5,11H2,1H3,(H,20,21). The Morgan fingerprint density at radius 3 is 2.52 bits per heavy atom. The molecule has 0 aliphatic heterocycles. The highest BCUT2D eigenvalue weighted by Gasteiger charge is 2.31. The van der Waals surface area contributed by atoms with E-state index in [9.17, 15) is 14.9 Å². The van der Waals surface area contributed by atoms with Crippen LogP contribution >= 0.6 is 22.6 Å². The Labute approximate surface area is 149 Å². The summed E-state index contributed by atoms with van der Waals surface area (Å²) in [7, 11) is 0. The van der Waals surface area contributed by atoms with E-state index in [-0.39, 0.29) is 24.4 Å². The van der Waals surface area contributed by atoms with Crippen LogP contribution in [0.2, 0.25) is 0 Å². The van der Waals surface area contributed by atoms with Gasteiger partial charge in [-0.15, -0.1) is 0 Å². The summed E-state index contributed by atoms with van der Waals surface area (Å²) in [6, 6.07) is 9.05. The first-order valence-corrected chi connectivity index (χ1v) is 8.67. The molecule has 0 saturated heterocycles. The molecular formula is C17H19IN2O3. The highest BCUT2D eigenvalue weighted by molar-refractivity contribution is 14.1. The maximum atomic E-state index is 12.2. The second-order valence-corrected chi connectivity index (χ2v) is 7.24. The highest BCUT2D eigenvalue weighted by Crippen LogP contribution is 2.26. The summed E-state index contributed by atoms with van der Waals surface area (Å²) < 4.78 is 6.28. The van der Waals surface area contributed by atoms with Crippen LogP contribution in [0.3, 0.4) is 0 Å². The number of benzene rings is 1. The van der Waals surface area contributed by atoms with E-state index in [1.807, 2.05) is 18.2 Å². The molecule has 6 heteroatoms. The van der Waals surface area contributed by atoms with Gasteiger partial charge in [0.15, 0.2) is 5.54 Å². The van der Waals surface area contributed by atoms with Crippen molar-refractivity contribution in [2.75, 3.05) is 6.61 Å². The average molecular weight is 426 g/mol. The first-order valence-electron chi connectivity index (χ1n) is 7.59. The SMILES string of the molecule is CC(C#N)(COC(=O)C1CCCC1)NC(=O)c1ccc(I)cc1. The van der Waals surface area contributed by atoms with Crippen molar-refractivity contribution in [1.29, 1.82) is 5.26 Å². The Morgan fingerprint density at radius 2 is 1.96 bits per heavy atom. The van der Waals surface area contributed by atoms with Gasteiger partial charge in [-0.3, -0.25) is 9.59 Å². The van der Waals surface area contributed by atoms with Gasteiger partial charge in [-0.2, -0.15) is 5.26 Å². The van der Waals surface area contributed by atoms with Crippen LogP contribution in [0.1, 0.15) is 43.0 Å². The minimum absolute atomic E-state index is 0.0650. The Kier molecular flexibility index (Phi) is 5.99. The van der Waals surface area contributed by atoms with Crippen molar-refractivity contribution in [2.45, 2.75) is 38.1 Å². The van der Waals surface area contributed by atoms with Crippen LogP contribution in [0.25, 0.3) is 0 Å². The molecular weight excluding hydrogens is 407 g/mol. The Hall–Kier alpha value is -1.62. The van der Waals surface area contributed by atoms with Gasteiger partial charge < -0.3 is 10.1 Å². The smallest absolute Gasteiger partial charge is 0.309 e. The fourth-order valence-electron chi connectivity index (χ4n) is 2.52. The van der Waals surface area contributed by atoms with E-state index in [4.69, 9.17) is 4.74 Å². The van der Waals surface area contributed by atoms with Crippen molar-refractivity contribution in [3.05, 3.63) is 33.4 Å². The number of halogens is 1. The van der Waals surface area contributed by atoms with E-state index >= 15 is 0 Å². The quantitative estimate of drug-likeness (QED) is 0.580. The molecule has 5 nitrogen and oxygen atoms in total. The van der Waals surface area contributed by atoms with Gasteiger partial charge in [-0.1, -0.05) is 12.8 Å². The number of ether oxygens (including phenoxy) is 1. The van der Waals surface area contributed by atoms with Gasteiger partial charge in [0.05, 0.1) is 12.0 Å². The monoisotopic (exact) mass is 426 g/mol. The van der Waals surface area contributed by atoms with Gasteiger partial charge in [0.2, 0.25) is 0 Å². The third kappa shape index (κ3) is 4.93. The topological polar surface area (TPSA) is 79.2 Å². The second-order valence-electron chi connectivity index (χ2n) is 5.99. The summed E-state index contributed by atoms with van der Waals surface area (Å²) in [5.74, 6) is -0.695. The molecule has 0 bridgehead atoms. The zero-order valence-electron chi connectivity index (χ0n) is 13.0. The summed E-state index contributed by atoms with van der Waals surface area (Å²) in [5, 5.41) is 12.0.